The van der Waals surface area contributed by atoms with Crippen molar-refractivity contribution in [2.24, 2.45) is 0 Å². The van der Waals surface area contributed by atoms with Gasteiger partial charge in [-0.1, -0.05) is 0 Å². The SMILES string of the molecule is Nc1cc(F)c2c(ccn2Cc2ncc(C3CCN(C(=O)O)CC3)cc2F)c1. The van der Waals surface area contributed by atoms with Gasteiger partial charge in [0.2, 0.25) is 0 Å². The number of piperidine rings is 1. The molecule has 0 bridgehead atoms. The van der Waals surface area contributed by atoms with Crippen LogP contribution in [0.25, 0.3) is 10.9 Å². The van der Waals surface area contributed by atoms with E-state index in [-0.39, 0.29) is 18.2 Å². The van der Waals surface area contributed by atoms with Gasteiger partial charge in [-0.05, 0) is 48.6 Å². The minimum absolute atomic E-state index is 0.0829. The zero-order valence-corrected chi connectivity index (χ0v) is 15.1. The highest BCUT2D eigenvalue weighted by molar-refractivity contribution is 5.84. The molecule has 0 spiro atoms. The number of carbonyl (C=O) groups is 1. The lowest BCUT2D eigenvalue weighted by Crippen LogP contribution is -2.36. The van der Waals surface area contributed by atoms with E-state index < -0.39 is 17.7 Å². The van der Waals surface area contributed by atoms with Gasteiger partial charge >= 0.3 is 6.09 Å². The summed E-state index contributed by atoms with van der Waals surface area (Å²) < 4.78 is 30.6. The summed E-state index contributed by atoms with van der Waals surface area (Å²) in [5.41, 5.74) is 7.35. The molecule has 3 heterocycles. The van der Waals surface area contributed by atoms with Crippen LogP contribution < -0.4 is 5.73 Å². The Labute approximate surface area is 160 Å². The number of carboxylic acid groups (broad SMARTS) is 1. The van der Waals surface area contributed by atoms with E-state index in [1.54, 1.807) is 29.1 Å². The van der Waals surface area contributed by atoms with Gasteiger partial charge in [0, 0.05) is 36.6 Å². The zero-order valence-electron chi connectivity index (χ0n) is 15.1. The molecule has 1 aliphatic heterocycles. The quantitative estimate of drug-likeness (QED) is 0.671. The second kappa shape index (κ2) is 7.10. The monoisotopic (exact) mass is 386 g/mol. The summed E-state index contributed by atoms with van der Waals surface area (Å²) >= 11 is 0. The van der Waals surface area contributed by atoms with Crippen LogP contribution in [-0.4, -0.2) is 38.7 Å². The van der Waals surface area contributed by atoms with Crippen molar-refractivity contribution in [1.82, 2.24) is 14.5 Å². The van der Waals surface area contributed by atoms with Crippen LogP contribution in [0.3, 0.4) is 0 Å². The molecule has 0 saturated carbocycles. The molecule has 6 nitrogen and oxygen atoms in total. The van der Waals surface area contributed by atoms with Gasteiger partial charge in [0.15, 0.2) is 0 Å². The number of halogens is 2. The van der Waals surface area contributed by atoms with Crippen molar-refractivity contribution in [1.29, 1.82) is 0 Å². The topological polar surface area (TPSA) is 84.4 Å². The smallest absolute Gasteiger partial charge is 0.407 e. The average Bonchev–Trinajstić information content (AvgIpc) is 3.06. The molecule has 0 radical (unpaired) electrons. The third kappa shape index (κ3) is 3.37. The molecule has 28 heavy (non-hydrogen) atoms. The van der Waals surface area contributed by atoms with Crippen LogP contribution in [0.2, 0.25) is 0 Å². The van der Waals surface area contributed by atoms with Crippen LogP contribution in [0.1, 0.15) is 30.0 Å². The molecule has 8 heteroatoms. The number of benzene rings is 1. The minimum atomic E-state index is -0.925. The Morgan fingerprint density at radius 3 is 2.64 bits per heavy atom. The van der Waals surface area contributed by atoms with E-state index in [0.29, 0.717) is 42.5 Å². The predicted octanol–water partition coefficient (Wildman–Crippen LogP) is 3.80. The summed E-state index contributed by atoms with van der Waals surface area (Å²) in [6.07, 6.45) is 3.68. The van der Waals surface area contributed by atoms with E-state index in [9.17, 15) is 13.6 Å². The fourth-order valence-corrected chi connectivity index (χ4v) is 3.83. The van der Waals surface area contributed by atoms with E-state index in [1.165, 1.54) is 17.0 Å². The number of hydrogen-bond donors (Lipinski definition) is 2. The van der Waals surface area contributed by atoms with Crippen LogP contribution in [0, 0.1) is 11.6 Å². The predicted molar refractivity (Wildman–Crippen MR) is 101 cm³/mol. The number of amides is 1. The van der Waals surface area contributed by atoms with Crippen molar-refractivity contribution in [2.75, 3.05) is 18.8 Å². The fourth-order valence-electron chi connectivity index (χ4n) is 3.83. The molecule has 0 unspecified atom stereocenters. The lowest BCUT2D eigenvalue weighted by molar-refractivity contribution is 0.132. The molecule has 1 aliphatic rings. The third-order valence-electron chi connectivity index (χ3n) is 5.33. The van der Waals surface area contributed by atoms with Crippen molar-refractivity contribution in [3.05, 3.63) is 59.6 Å². The summed E-state index contributed by atoms with van der Waals surface area (Å²) in [6, 6.07) is 6.11. The van der Waals surface area contributed by atoms with Crippen LogP contribution in [0.5, 0.6) is 0 Å². The average molecular weight is 386 g/mol. The van der Waals surface area contributed by atoms with Crippen molar-refractivity contribution in [3.63, 3.8) is 0 Å². The molecule has 1 fully saturated rings. The van der Waals surface area contributed by atoms with Gasteiger partial charge in [0.25, 0.3) is 0 Å². The Bertz CT molecular complexity index is 1040. The Balaban J connectivity index is 1.54. The lowest BCUT2D eigenvalue weighted by Gasteiger charge is -2.30. The normalized spacial score (nSPS) is 15.3. The maximum absolute atomic E-state index is 14.7. The van der Waals surface area contributed by atoms with Gasteiger partial charge in [-0.15, -0.1) is 0 Å². The van der Waals surface area contributed by atoms with Crippen molar-refractivity contribution < 1.29 is 18.7 Å². The van der Waals surface area contributed by atoms with Gasteiger partial charge in [-0.25, -0.2) is 13.6 Å². The number of likely N-dealkylation sites (tertiary alicyclic amines) is 1. The maximum Gasteiger partial charge on any atom is 0.407 e. The summed E-state index contributed by atoms with van der Waals surface area (Å²) in [5, 5.41) is 9.68. The van der Waals surface area contributed by atoms with Gasteiger partial charge < -0.3 is 20.3 Å². The van der Waals surface area contributed by atoms with Crippen LogP contribution in [0.4, 0.5) is 19.3 Å². The molecule has 1 aromatic carbocycles. The molecular formula is C20H20F2N4O2. The number of anilines is 1. The largest absolute Gasteiger partial charge is 0.465 e. The van der Waals surface area contributed by atoms with Crippen molar-refractivity contribution in [2.45, 2.75) is 25.3 Å². The number of hydrogen-bond acceptors (Lipinski definition) is 3. The molecule has 0 aliphatic carbocycles. The second-order valence-corrected chi connectivity index (χ2v) is 7.13. The minimum Gasteiger partial charge on any atom is -0.465 e. The number of nitrogen functional groups attached to an aromatic ring is 1. The van der Waals surface area contributed by atoms with Gasteiger partial charge in [0.05, 0.1) is 17.8 Å². The molecule has 0 atom stereocenters. The van der Waals surface area contributed by atoms with Crippen LogP contribution >= 0.6 is 0 Å². The zero-order chi connectivity index (χ0) is 19.8. The Morgan fingerprint density at radius 2 is 1.96 bits per heavy atom. The molecule has 1 saturated heterocycles. The van der Waals surface area contributed by atoms with Crippen LogP contribution in [-0.2, 0) is 6.54 Å². The van der Waals surface area contributed by atoms with E-state index in [0.717, 1.165) is 5.56 Å². The Morgan fingerprint density at radius 1 is 1.21 bits per heavy atom. The highest BCUT2D eigenvalue weighted by atomic mass is 19.1. The first kappa shape index (κ1) is 18.2. The Kier molecular flexibility index (Phi) is 4.62. The standard InChI is InChI=1S/C20H20F2N4O2/c21-16-8-14(12-1-4-25(5-2-12)20(27)28)10-24-18(16)11-26-6-3-13-7-15(23)9-17(22)19(13)26/h3,6-10,12H,1-2,4-5,11,23H2,(H,27,28). The van der Waals surface area contributed by atoms with Gasteiger partial charge in [-0.2, -0.15) is 0 Å². The molecule has 3 aromatic rings. The first-order chi connectivity index (χ1) is 13.4. The number of aromatic nitrogens is 2. The molecule has 1 amide bonds. The molecular weight excluding hydrogens is 366 g/mol. The Hall–Kier alpha value is -3.16. The molecule has 4 rings (SSSR count). The highest BCUT2D eigenvalue weighted by Gasteiger charge is 2.24. The summed E-state index contributed by atoms with van der Waals surface area (Å²) in [7, 11) is 0. The summed E-state index contributed by atoms with van der Waals surface area (Å²) in [5.74, 6) is -0.822. The fraction of sp³-hybridized carbons (Fsp3) is 0.300. The molecule has 2 aromatic heterocycles. The second-order valence-electron chi connectivity index (χ2n) is 7.13. The van der Waals surface area contributed by atoms with Crippen molar-refractivity contribution >= 4 is 22.7 Å². The highest BCUT2D eigenvalue weighted by Crippen LogP contribution is 2.29. The first-order valence-corrected chi connectivity index (χ1v) is 9.08. The summed E-state index contributed by atoms with van der Waals surface area (Å²) in [6.45, 7) is 0.968. The number of nitrogens with two attached hydrogens (primary N) is 1. The van der Waals surface area contributed by atoms with Crippen LogP contribution in [0.15, 0.2) is 36.7 Å². The third-order valence-corrected chi connectivity index (χ3v) is 5.33. The number of rotatable bonds is 3. The molecule has 3 N–H and O–H groups in total. The lowest BCUT2D eigenvalue weighted by atomic mass is 9.90. The number of pyridine rings is 1. The van der Waals surface area contributed by atoms with Gasteiger partial charge in [0.1, 0.15) is 11.6 Å². The molecule has 146 valence electrons. The van der Waals surface area contributed by atoms with E-state index in [1.807, 2.05) is 0 Å². The van der Waals surface area contributed by atoms with E-state index in [4.69, 9.17) is 10.8 Å². The number of nitrogens with zero attached hydrogens (tertiary/aromatic N) is 3. The van der Waals surface area contributed by atoms with Crippen molar-refractivity contribution in [3.8, 4) is 0 Å². The van der Waals surface area contributed by atoms with Gasteiger partial charge in [-0.3, -0.25) is 4.98 Å². The summed E-state index contributed by atoms with van der Waals surface area (Å²) in [4.78, 5) is 16.6. The van der Waals surface area contributed by atoms with E-state index >= 15 is 0 Å². The first-order valence-electron chi connectivity index (χ1n) is 9.08. The number of fused-ring (bicyclic) bond motifs is 1. The van der Waals surface area contributed by atoms with E-state index in [2.05, 4.69) is 4.98 Å². The maximum atomic E-state index is 14.7.